The molecule has 0 unspecified atom stereocenters. The first-order valence-corrected chi connectivity index (χ1v) is 12.0. The molecule has 1 saturated heterocycles. The van der Waals surface area contributed by atoms with Gasteiger partial charge in [0.1, 0.15) is 32.0 Å². The molecule has 0 spiro atoms. The molecule has 2 aliphatic heterocycles. The van der Waals surface area contributed by atoms with Crippen molar-refractivity contribution >= 4 is 23.3 Å². The average molecular weight is 521 g/mol. The fourth-order valence-corrected chi connectivity index (χ4v) is 5.59. The summed E-state index contributed by atoms with van der Waals surface area (Å²) in [6, 6.07) is 13.0. The molecule has 2 aliphatic rings. The van der Waals surface area contributed by atoms with Gasteiger partial charge in [-0.3, -0.25) is 0 Å². The van der Waals surface area contributed by atoms with Crippen LogP contribution in [0.5, 0.6) is 0 Å². The fraction of sp³-hybridized carbons (Fsp3) is 0.522. The number of nitrogens with one attached hydrogen (secondary N) is 3. The zero-order valence-corrected chi connectivity index (χ0v) is 22.1. The van der Waals surface area contributed by atoms with Crippen molar-refractivity contribution in [1.82, 2.24) is 4.98 Å². The van der Waals surface area contributed by atoms with Crippen LogP contribution in [0.3, 0.4) is 0 Å². The van der Waals surface area contributed by atoms with Crippen LogP contribution in [0.25, 0.3) is 0 Å². The van der Waals surface area contributed by atoms with Crippen molar-refractivity contribution in [3.05, 3.63) is 42.6 Å². The van der Waals surface area contributed by atoms with E-state index in [2.05, 4.69) is 49.3 Å². The van der Waals surface area contributed by atoms with Crippen LogP contribution in [-0.4, -0.2) is 71.4 Å². The van der Waals surface area contributed by atoms with Crippen LogP contribution in [0, 0.1) is 0 Å². The van der Waals surface area contributed by atoms with E-state index in [1.54, 1.807) is 9.80 Å². The van der Waals surface area contributed by atoms with Crippen molar-refractivity contribution in [2.45, 2.75) is 22.6 Å². The molecule has 0 saturated carbocycles. The number of rotatable bonds is 8. The Morgan fingerprint density at radius 2 is 1.50 bits per heavy atom. The Balaban J connectivity index is 0.00000171. The highest BCUT2D eigenvalue weighted by Crippen LogP contribution is 2.46. The van der Waals surface area contributed by atoms with Crippen LogP contribution < -0.4 is 56.8 Å². The molecule has 3 N–H and O–H groups in total. The molecular weight excluding hydrogens is 485 g/mol. The first-order chi connectivity index (χ1) is 14.2. The fourth-order valence-electron chi connectivity index (χ4n) is 4.53. The third kappa shape index (κ3) is 7.66. The lowest BCUT2D eigenvalue weighted by atomic mass is 10.2. The van der Waals surface area contributed by atoms with Gasteiger partial charge in [-0.05, 0) is 24.3 Å². The molecule has 1 aromatic carbocycles. The third-order valence-corrected chi connectivity index (χ3v) is 7.27. The largest absolute Gasteiger partial charge is 1.00 e. The Kier molecular flexibility index (Phi) is 13.3. The van der Waals surface area contributed by atoms with Gasteiger partial charge in [0, 0.05) is 30.5 Å². The van der Waals surface area contributed by atoms with Crippen molar-refractivity contribution in [2.75, 3.05) is 71.4 Å². The molecule has 3 heterocycles. The second-order valence-corrected chi connectivity index (χ2v) is 9.79. The number of quaternary nitrogens is 3. The zero-order chi connectivity index (χ0) is 20.1. The number of anilines is 2. The molecule has 32 heavy (non-hydrogen) atoms. The molecule has 1 fully saturated rings. The lowest BCUT2D eigenvalue weighted by Gasteiger charge is -2.33. The Morgan fingerprint density at radius 1 is 0.875 bits per heavy atom. The summed E-state index contributed by atoms with van der Waals surface area (Å²) in [6.45, 7) is 10.3. The normalized spacial score (nSPS) is 19.2. The number of hydrogen-bond acceptors (Lipinski definition) is 3. The van der Waals surface area contributed by atoms with Crippen LogP contribution in [0.4, 0.5) is 11.5 Å². The number of aromatic nitrogens is 1. The summed E-state index contributed by atoms with van der Waals surface area (Å²) in [7, 11) is 4.51. The van der Waals surface area contributed by atoms with Gasteiger partial charge in [-0.1, -0.05) is 23.9 Å². The second kappa shape index (κ2) is 14.5. The quantitative estimate of drug-likeness (QED) is 0.323. The summed E-state index contributed by atoms with van der Waals surface area (Å²) in [5.74, 6) is 1.13. The molecule has 1 aromatic heterocycles. The molecule has 0 amide bonds. The van der Waals surface area contributed by atoms with Crippen LogP contribution in [0.15, 0.2) is 52.4 Å². The zero-order valence-electron chi connectivity index (χ0n) is 19.0. The number of halogens is 3. The predicted molar refractivity (Wildman–Crippen MR) is 120 cm³/mol. The summed E-state index contributed by atoms with van der Waals surface area (Å²) in [6.07, 6.45) is 4.49. The standard InChI is InChI=1S/C23H33N5S.3ClH/c1-25(2)12-6-13-26-16-18-27(19-17-26)14-7-15-28-20-8-3-4-9-21(20)29-22-10-5-11-24-23(22)28;;;/h3-5,8-11H,6-7,12-19H2,1-2H3;3*1H. The summed E-state index contributed by atoms with van der Waals surface area (Å²) < 4.78 is 0. The molecule has 0 bridgehead atoms. The molecule has 180 valence electrons. The molecule has 9 heteroatoms. The van der Waals surface area contributed by atoms with E-state index in [1.807, 2.05) is 28.9 Å². The van der Waals surface area contributed by atoms with Crippen molar-refractivity contribution in [3.8, 4) is 0 Å². The minimum Gasteiger partial charge on any atom is -1.00 e. The Labute approximate surface area is 216 Å². The van der Waals surface area contributed by atoms with E-state index in [9.17, 15) is 0 Å². The van der Waals surface area contributed by atoms with Gasteiger partial charge in [0.2, 0.25) is 0 Å². The SMILES string of the molecule is C[NH+](C)CCC[NH+]1CC[NH+](CCCN2c3ccccc3Sc3cccnc32)CC1.[Cl-].[Cl-].[Cl-]. The lowest BCUT2D eigenvalue weighted by Crippen LogP contribution is -3.28. The molecule has 5 nitrogen and oxygen atoms in total. The van der Waals surface area contributed by atoms with Gasteiger partial charge in [-0.15, -0.1) is 0 Å². The van der Waals surface area contributed by atoms with Gasteiger partial charge in [0.15, 0.2) is 0 Å². The van der Waals surface area contributed by atoms with Gasteiger partial charge in [0.25, 0.3) is 0 Å². The van der Waals surface area contributed by atoms with Gasteiger partial charge >= 0.3 is 0 Å². The number of piperazine rings is 1. The Hall–Kier alpha value is -0.730. The molecule has 0 atom stereocenters. The maximum atomic E-state index is 4.71. The van der Waals surface area contributed by atoms with E-state index in [0.717, 1.165) is 12.4 Å². The van der Waals surface area contributed by atoms with E-state index in [1.165, 1.54) is 74.1 Å². The maximum Gasteiger partial charge on any atom is 0.147 e. The summed E-state index contributed by atoms with van der Waals surface area (Å²) in [4.78, 5) is 14.9. The number of nitrogens with zero attached hydrogens (tertiary/aromatic N) is 2. The number of benzene rings is 1. The monoisotopic (exact) mass is 519 g/mol. The van der Waals surface area contributed by atoms with Crippen molar-refractivity contribution in [3.63, 3.8) is 0 Å². The molecule has 0 aliphatic carbocycles. The van der Waals surface area contributed by atoms with E-state index in [0.29, 0.717) is 0 Å². The highest BCUT2D eigenvalue weighted by atomic mass is 35.5. The van der Waals surface area contributed by atoms with Crippen LogP contribution >= 0.6 is 11.8 Å². The predicted octanol–water partition coefficient (Wildman–Crippen LogP) is -9.60. The Bertz CT molecular complexity index is 757. The minimum absolute atomic E-state index is 0. The molecule has 4 rings (SSSR count). The third-order valence-electron chi connectivity index (χ3n) is 6.17. The molecule has 2 aromatic rings. The van der Waals surface area contributed by atoms with Gasteiger partial charge in [-0.2, -0.15) is 0 Å². The van der Waals surface area contributed by atoms with E-state index < -0.39 is 0 Å². The van der Waals surface area contributed by atoms with Gasteiger partial charge in [-0.25, -0.2) is 4.98 Å². The first kappa shape index (κ1) is 29.3. The number of para-hydroxylation sites is 1. The first-order valence-electron chi connectivity index (χ1n) is 11.2. The topological polar surface area (TPSA) is 29.5 Å². The van der Waals surface area contributed by atoms with Crippen molar-refractivity contribution in [1.29, 1.82) is 0 Å². The minimum atomic E-state index is 0. The van der Waals surface area contributed by atoms with Crippen LogP contribution in [0.1, 0.15) is 12.8 Å². The van der Waals surface area contributed by atoms with Crippen LogP contribution in [0.2, 0.25) is 0 Å². The molecule has 0 radical (unpaired) electrons. The average Bonchev–Trinajstić information content (AvgIpc) is 2.74. The van der Waals surface area contributed by atoms with Crippen molar-refractivity contribution in [2.24, 2.45) is 0 Å². The summed E-state index contributed by atoms with van der Waals surface area (Å²) in [5, 5.41) is 0. The van der Waals surface area contributed by atoms with E-state index in [-0.39, 0.29) is 37.2 Å². The molecular formula is C23H36Cl3N5S. The van der Waals surface area contributed by atoms with Gasteiger partial charge in [0.05, 0.1) is 44.3 Å². The van der Waals surface area contributed by atoms with Crippen molar-refractivity contribution < 1.29 is 51.9 Å². The highest BCUT2D eigenvalue weighted by Gasteiger charge is 2.26. The van der Waals surface area contributed by atoms with Crippen LogP contribution in [-0.2, 0) is 0 Å². The Morgan fingerprint density at radius 3 is 2.19 bits per heavy atom. The highest BCUT2D eigenvalue weighted by molar-refractivity contribution is 7.99. The second-order valence-electron chi connectivity index (χ2n) is 8.71. The smallest absolute Gasteiger partial charge is 0.147 e. The van der Waals surface area contributed by atoms with Gasteiger partial charge < -0.3 is 56.8 Å². The van der Waals surface area contributed by atoms with E-state index >= 15 is 0 Å². The maximum absolute atomic E-state index is 4.71. The number of pyridine rings is 1. The summed E-state index contributed by atoms with van der Waals surface area (Å²) in [5.41, 5.74) is 1.32. The van der Waals surface area contributed by atoms with E-state index in [4.69, 9.17) is 4.98 Å². The number of hydrogen-bond donors (Lipinski definition) is 3. The number of fused-ring (bicyclic) bond motifs is 2. The summed E-state index contributed by atoms with van der Waals surface area (Å²) >= 11 is 1.84. The lowest BCUT2D eigenvalue weighted by molar-refractivity contribution is -1.01.